The van der Waals surface area contributed by atoms with Gasteiger partial charge in [0.15, 0.2) is 0 Å². The molecule has 4 nitrogen and oxygen atoms in total. The number of benzene rings is 1. The van der Waals surface area contributed by atoms with E-state index in [1.165, 1.54) is 24.3 Å². The summed E-state index contributed by atoms with van der Waals surface area (Å²) in [7, 11) is 0. The lowest BCUT2D eigenvalue weighted by Crippen LogP contribution is -2.22. The number of hydrogen-bond donors (Lipinski definition) is 1. The lowest BCUT2D eigenvalue weighted by atomic mass is 10.2. The van der Waals surface area contributed by atoms with E-state index in [1.807, 2.05) is 35.7 Å². The lowest BCUT2D eigenvalue weighted by molar-refractivity contribution is 0.0950. The van der Waals surface area contributed by atoms with Crippen LogP contribution < -0.4 is 5.32 Å². The van der Waals surface area contributed by atoms with E-state index in [9.17, 15) is 9.18 Å². The first-order valence-corrected chi connectivity index (χ1v) is 6.61. The molecule has 3 aromatic rings. The van der Waals surface area contributed by atoms with E-state index in [0.717, 1.165) is 17.0 Å². The van der Waals surface area contributed by atoms with E-state index in [-0.39, 0.29) is 11.7 Å². The highest BCUT2D eigenvalue weighted by molar-refractivity contribution is 5.94. The summed E-state index contributed by atoms with van der Waals surface area (Å²) in [6.07, 6.45) is 1.90. The Morgan fingerprint density at radius 2 is 2.00 bits per heavy atom. The highest BCUT2D eigenvalue weighted by atomic mass is 19.1. The van der Waals surface area contributed by atoms with Crippen LogP contribution in [0.1, 0.15) is 21.7 Å². The molecule has 0 aliphatic carbocycles. The minimum Gasteiger partial charge on any atom is -0.346 e. The normalized spacial score (nSPS) is 10.8. The number of imidazole rings is 1. The number of carbonyl (C=O) groups excluding carboxylic acids is 1. The Morgan fingerprint density at radius 3 is 2.71 bits per heavy atom. The predicted octanol–water partition coefficient (Wildman–Crippen LogP) is 2.71. The summed E-state index contributed by atoms with van der Waals surface area (Å²) < 4.78 is 14.8. The summed E-state index contributed by atoms with van der Waals surface area (Å²) in [5, 5.41) is 2.78. The van der Waals surface area contributed by atoms with Crippen LogP contribution in [0.2, 0.25) is 0 Å². The Hall–Kier alpha value is -2.69. The molecule has 0 spiro atoms. The fourth-order valence-corrected chi connectivity index (χ4v) is 2.16. The number of carbonyl (C=O) groups is 1. The summed E-state index contributed by atoms with van der Waals surface area (Å²) in [4.78, 5) is 16.4. The van der Waals surface area contributed by atoms with Gasteiger partial charge in [0.2, 0.25) is 0 Å². The number of pyridine rings is 1. The molecule has 106 valence electrons. The Kier molecular flexibility index (Phi) is 3.39. The van der Waals surface area contributed by atoms with E-state index in [0.29, 0.717) is 12.1 Å². The molecule has 0 saturated heterocycles. The molecule has 0 fully saturated rings. The number of rotatable bonds is 3. The first-order chi connectivity index (χ1) is 10.1. The standard InChI is InChI=1S/C16H14FN3O/c1-11-3-2-4-15-19-14(10-20(11)15)9-18-16(21)12-5-7-13(17)8-6-12/h2-8,10H,9H2,1H3,(H,18,21). The second kappa shape index (κ2) is 5.36. The van der Waals surface area contributed by atoms with Crippen LogP contribution in [-0.2, 0) is 6.54 Å². The number of nitrogens with zero attached hydrogens (tertiary/aromatic N) is 2. The number of fused-ring (bicyclic) bond motifs is 1. The smallest absolute Gasteiger partial charge is 0.251 e. The zero-order chi connectivity index (χ0) is 14.8. The van der Waals surface area contributed by atoms with Crippen molar-refractivity contribution in [1.82, 2.24) is 14.7 Å². The van der Waals surface area contributed by atoms with Crippen molar-refractivity contribution in [2.75, 3.05) is 0 Å². The molecule has 1 amide bonds. The van der Waals surface area contributed by atoms with Crippen molar-refractivity contribution in [3.63, 3.8) is 0 Å². The number of halogens is 1. The average Bonchev–Trinajstić information content (AvgIpc) is 2.90. The molecule has 0 unspecified atom stereocenters. The number of nitrogens with one attached hydrogen (secondary N) is 1. The maximum Gasteiger partial charge on any atom is 0.251 e. The van der Waals surface area contributed by atoms with Crippen molar-refractivity contribution < 1.29 is 9.18 Å². The molecule has 21 heavy (non-hydrogen) atoms. The van der Waals surface area contributed by atoms with Gasteiger partial charge in [0.25, 0.3) is 5.91 Å². The SMILES string of the molecule is Cc1cccc2nc(CNC(=O)c3ccc(F)cc3)cn12. The molecule has 0 aliphatic rings. The topological polar surface area (TPSA) is 46.4 Å². The van der Waals surface area contributed by atoms with Crippen LogP contribution >= 0.6 is 0 Å². The van der Waals surface area contributed by atoms with Gasteiger partial charge in [-0.15, -0.1) is 0 Å². The Balaban J connectivity index is 1.72. The minimum atomic E-state index is -0.359. The van der Waals surface area contributed by atoms with E-state index in [4.69, 9.17) is 0 Å². The number of aromatic nitrogens is 2. The van der Waals surface area contributed by atoms with Gasteiger partial charge in [-0.2, -0.15) is 0 Å². The van der Waals surface area contributed by atoms with Crippen molar-refractivity contribution in [2.45, 2.75) is 13.5 Å². The fourth-order valence-electron chi connectivity index (χ4n) is 2.16. The molecule has 0 atom stereocenters. The number of hydrogen-bond acceptors (Lipinski definition) is 2. The Bertz CT molecular complexity index is 793. The molecule has 1 N–H and O–H groups in total. The van der Waals surface area contributed by atoms with Crippen molar-refractivity contribution in [3.8, 4) is 0 Å². The molecule has 0 aliphatic heterocycles. The molecular weight excluding hydrogens is 269 g/mol. The van der Waals surface area contributed by atoms with E-state index in [1.54, 1.807) is 0 Å². The largest absolute Gasteiger partial charge is 0.346 e. The summed E-state index contributed by atoms with van der Waals surface area (Å²) in [6.45, 7) is 2.33. The van der Waals surface area contributed by atoms with E-state index in [2.05, 4.69) is 10.3 Å². The van der Waals surface area contributed by atoms with Crippen LogP contribution in [0.25, 0.3) is 5.65 Å². The maximum atomic E-state index is 12.8. The lowest BCUT2D eigenvalue weighted by Gasteiger charge is -2.02. The molecular formula is C16H14FN3O. The summed E-state index contributed by atoms with van der Waals surface area (Å²) in [6, 6.07) is 11.3. The van der Waals surface area contributed by atoms with E-state index < -0.39 is 0 Å². The second-order valence-corrected chi connectivity index (χ2v) is 4.82. The van der Waals surface area contributed by atoms with Crippen LogP contribution in [0, 0.1) is 12.7 Å². The van der Waals surface area contributed by atoms with Gasteiger partial charge in [-0.3, -0.25) is 4.79 Å². The molecule has 0 bridgehead atoms. The van der Waals surface area contributed by atoms with Crippen LogP contribution in [0.15, 0.2) is 48.7 Å². The van der Waals surface area contributed by atoms with Gasteiger partial charge >= 0.3 is 0 Å². The first-order valence-electron chi connectivity index (χ1n) is 6.61. The van der Waals surface area contributed by atoms with Gasteiger partial charge in [0.05, 0.1) is 12.2 Å². The highest BCUT2D eigenvalue weighted by Crippen LogP contribution is 2.09. The van der Waals surface area contributed by atoms with Crippen LogP contribution in [0.3, 0.4) is 0 Å². The van der Waals surface area contributed by atoms with Gasteiger partial charge in [0, 0.05) is 17.5 Å². The molecule has 2 aromatic heterocycles. The summed E-state index contributed by atoms with van der Waals surface area (Å²) in [5.41, 5.74) is 3.13. The Labute approximate surface area is 121 Å². The van der Waals surface area contributed by atoms with E-state index >= 15 is 0 Å². The van der Waals surface area contributed by atoms with Gasteiger partial charge in [-0.1, -0.05) is 6.07 Å². The average molecular weight is 283 g/mol. The van der Waals surface area contributed by atoms with Gasteiger partial charge in [0.1, 0.15) is 11.5 Å². The third-order valence-electron chi connectivity index (χ3n) is 3.28. The van der Waals surface area contributed by atoms with Crippen LogP contribution in [0.5, 0.6) is 0 Å². The Morgan fingerprint density at radius 1 is 1.24 bits per heavy atom. The zero-order valence-electron chi connectivity index (χ0n) is 11.5. The second-order valence-electron chi connectivity index (χ2n) is 4.82. The summed E-state index contributed by atoms with van der Waals surface area (Å²) in [5.74, 6) is -0.605. The molecule has 0 radical (unpaired) electrons. The molecule has 5 heteroatoms. The number of aryl methyl sites for hydroxylation is 1. The van der Waals surface area contributed by atoms with Gasteiger partial charge in [-0.25, -0.2) is 9.37 Å². The quantitative estimate of drug-likeness (QED) is 0.803. The van der Waals surface area contributed by atoms with Crippen LogP contribution in [-0.4, -0.2) is 15.3 Å². The monoisotopic (exact) mass is 283 g/mol. The van der Waals surface area contributed by atoms with Crippen molar-refractivity contribution in [1.29, 1.82) is 0 Å². The highest BCUT2D eigenvalue weighted by Gasteiger charge is 2.07. The molecule has 3 rings (SSSR count). The first kappa shape index (κ1) is 13.3. The zero-order valence-corrected chi connectivity index (χ0v) is 11.5. The van der Waals surface area contributed by atoms with Gasteiger partial charge < -0.3 is 9.72 Å². The number of amides is 1. The molecule has 1 aromatic carbocycles. The van der Waals surface area contributed by atoms with Crippen LogP contribution in [0.4, 0.5) is 4.39 Å². The van der Waals surface area contributed by atoms with Crippen molar-refractivity contribution >= 4 is 11.6 Å². The maximum absolute atomic E-state index is 12.8. The predicted molar refractivity (Wildman–Crippen MR) is 77.5 cm³/mol. The van der Waals surface area contributed by atoms with Crippen molar-refractivity contribution in [2.24, 2.45) is 0 Å². The summed E-state index contributed by atoms with van der Waals surface area (Å²) >= 11 is 0. The fraction of sp³-hybridized carbons (Fsp3) is 0.125. The minimum absolute atomic E-state index is 0.247. The van der Waals surface area contributed by atoms with Gasteiger partial charge in [-0.05, 0) is 43.3 Å². The third kappa shape index (κ3) is 2.76. The molecule has 2 heterocycles. The van der Waals surface area contributed by atoms with Crippen molar-refractivity contribution in [3.05, 3.63) is 71.4 Å². The third-order valence-corrected chi connectivity index (χ3v) is 3.28. The molecule has 0 saturated carbocycles.